The van der Waals surface area contributed by atoms with Gasteiger partial charge in [-0.15, -0.1) is 11.8 Å². The molecule has 0 aromatic carbocycles. The fourth-order valence-electron chi connectivity index (χ4n) is 2.45. The van der Waals surface area contributed by atoms with E-state index >= 15 is 0 Å². The maximum absolute atomic E-state index is 11.8. The van der Waals surface area contributed by atoms with Gasteiger partial charge in [-0.25, -0.2) is 4.57 Å². The zero-order chi connectivity index (χ0) is 14.3. The molecule has 3 heterocycles. The summed E-state index contributed by atoms with van der Waals surface area (Å²) in [5, 5.41) is 11.1. The third-order valence-corrected chi connectivity index (χ3v) is 4.79. The van der Waals surface area contributed by atoms with Crippen LogP contribution in [0.4, 0.5) is 0 Å². The normalized spacial score (nSPS) is 25.2. The monoisotopic (exact) mass is 291 g/mol. The first kappa shape index (κ1) is 13.1. The van der Waals surface area contributed by atoms with Crippen molar-refractivity contribution in [1.82, 2.24) is 4.90 Å². The molecule has 2 aliphatic rings. The largest absolute Gasteiger partial charge is 0.543 e. The summed E-state index contributed by atoms with van der Waals surface area (Å²) in [6, 6.07) is 5.00. The van der Waals surface area contributed by atoms with Crippen molar-refractivity contribution >= 4 is 23.6 Å². The highest BCUT2D eigenvalue weighted by Gasteiger charge is 2.50. The van der Waals surface area contributed by atoms with Crippen molar-refractivity contribution in [2.75, 3.05) is 5.75 Å². The van der Waals surface area contributed by atoms with Crippen LogP contribution >= 0.6 is 11.8 Å². The van der Waals surface area contributed by atoms with Gasteiger partial charge in [0.1, 0.15) is 11.4 Å². The van der Waals surface area contributed by atoms with Gasteiger partial charge in [0.15, 0.2) is 18.9 Å². The van der Waals surface area contributed by atoms with Crippen molar-refractivity contribution in [3.63, 3.8) is 0 Å². The van der Waals surface area contributed by atoms with Gasteiger partial charge in [0.05, 0.1) is 11.7 Å². The minimum absolute atomic E-state index is 0.0168. The van der Waals surface area contributed by atoms with Crippen molar-refractivity contribution in [2.24, 2.45) is 5.73 Å². The second-order valence-corrected chi connectivity index (χ2v) is 5.83. The number of carboxylic acids is 1. The molecule has 0 aliphatic carbocycles. The standard InChI is InChI=1S/C13H13N3O3S/c14-9-11(17)16-10(13(18)19)8(7-20-12(9)16)6-15-4-2-1-3-5-15/h1-5,9,12H,6-7,14H2/t9?,12-/m0/s1. The van der Waals surface area contributed by atoms with Gasteiger partial charge in [0.25, 0.3) is 0 Å². The smallest absolute Gasteiger partial charge is 0.248 e. The minimum atomic E-state index is -1.32. The van der Waals surface area contributed by atoms with Crippen LogP contribution in [-0.4, -0.2) is 33.9 Å². The lowest BCUT2D eigenvalue weighted by molar-refractivity contribution is -0.689. The summed E-state index contributed by atoms with van der Waals surface area (Å²) in [6.07, 6.45) is 3.70. The van der Waals surface area contributed by atoms with Crippen LogP contribution in [0.5, 0.6) is 0 Å². The molecule has 0 radical (unpaired) electrons. The zero-order valence-corrected chi connectivity index (χ0v) is 11.4. The molecule has 0 spiro atoms. The number of β-lactam (4-membered cyclic amide) rings is 1. The third kappa shape index (κ3) is 1.99. The molecule has 6 nitrogen and oxygen atoms in total. The van der Waals surface area contributed by atoms with Gasteiger partial charge >= 0.3 is 0 Å². The van der Waals surface area contributed by atoms with Crippen LogP contribution in [0.1, 0.15) is 0 Å². The van der Waals surface area contributed by atoms with E-state index in [4.69, 9.17) is 5.73 Å². The van der Waals surface area contributed by atoms with E-state index in [-0.39, 0.29) is 17.0 Å². The van der Waals surface area contributed by atoms with Gasteiger partial charge in [-0.3, -0.25) is 9.69 Å². The third-order valence-electron chi connectivity index (χ3n) is 3.43. The first-order valence-corrected chi connectivity index (χ1v) is 7.22. The topological polar surface area (TPSA) is 90.3 Å². The molecule has 0 saturated carbocycles. The van der Waals surface area contributed by atoms with Gasteiger partial charge in [0, 0.05) is 23.5 Å². The zero-order valence-electron chi connectivity index (χ0n) is 10.6. The quantitative estimate of drug-likeness (QED) is 0.525. The lowest BCUT2D eigenvalue weighted by atomic mass is 10.0. The number of amides is 1. The number of thioether (sulfide) groups is 1. The first-order chi connectivity index (χ1) is 9.59. The summed E-state index contributed by atoms with van der Waals surface area (Å²) in [6.45, 7) is 0.420. The van der Waals surface area contributed by atoms with Crippen molar-refractivity contribution in [2.45, 2.75) is 18.0 Å². The van der Waals surface area contributed by atoms with Crippen LogP contribution in [0.25, 0.3) is 0 Å². The van der Waals surface area contributed by atoms with Crippen LogP contribution in [0.3, 0.4) is 0 Å². The molecule has 1 aromatic rings. The maximum atomic E-state index is 11.8. The molecule has 104 valence electrons. The number of aliphatic carboxylic acids is 1. The van der Waals surface area contributed by atoms with Gasteiger partial charge in [-0.1, -0.05) is 6.07 Å². The number of hydrogen-bond donors (Lipinski definition) is 1. The number of carbonyl (C=O) groups is 2. The fraction of sp³-hybridized carbons (Fsp3) is 0.308. The van der Waals surface area contributed by atoms with Crippen LogP contribution in [-0.2, 0) is 16.1 Å². The van der Waals surface area contributed by atoms with E-state index in [1.807, 2.05) is 35.2 Å². The van der Waals surface area contributed by atoms with E-state index in [9.17, 15) is 14.7 Å². The summed E-state index contributed by atoms with van der Waals surface area (Å²) in [7, 11) is 0. The van der Waals surface area contributed by atoms with Crippen molar-refractivity contribution in [3.8, 4) is 0 Å². The van der Waals surface area contributed by atoms with E-state index in [1.54, 1.807) is 0 Å². The molecule has 2 aliphatic heterocycles. The number of aromatic nitrogens is 1. The number of fused-ring (bicyclic) bond motifs is 1. The molecule has 1 unspecified atom stereocenters. The Morgan fingerprint density at radius 3 is 2.80 bits per heavy atom. The Balaban J connectivity index is 1.94. The molecule has 1 aromatic heterocycles. The van der Waals surface area contributed by atoms with Crippen molar-refractivity contribution in [3.05, 3.63) is 41.9 Å². The molecular weight excluding hydrogens is 278 g/mol. The number of hydrogen-bond acceptors (Lipinski definition) is 5. The summed E-state index contributed by atoms with van der Waals surface area (Å²) < 4.78 is 1.86. The van der Waals surface area contributed by atoms with E-state index in [1.165, 1.54) is 16.7 Å². The molecule has 1 fully saturated rings. The van der Waals surface area contributed by atoms with E-state index in [0.29, 0.717) is 17.9 Å². The number of pyridine rings is 1. The van der Waals surface area contributed by atoms with Crippen molar-refractivity contribution in [1.29, 1.82) is 0 Å². The molecule has 0 bridgehead atoms. The predicted octanol–water partition coefficient (Wildman–Crippen LogP) is -1.78. The molecular formula is C13H13N3O3S. The lowest BCUT2D eigenvalue weighted by Gasteiger charge is -2.49. The van der Waals surface area contributed by atoms with E-state index in [2.05, 4.69) is 0 Å². The molecule has 1 saturated heterocycles. The van der Waals surface area contributed by atoms with Crippen molar-refractivity contribution < 1.29 is 19.3 Å². The Labute approximate surface area is 119 Å². The summed E-state index contributed by atoms with van der Waals surface area (Å²) in [4.78, 5) is 24.4. The summed E-state index contributed by atoms with van der Waals surface area (Å²) in [5.74, 6) is -1.13. The highest BCUT2D eigenvalue weighted by atomic mass is 32.2. The molecule has 2 N–H and O–H groups in total. The Kier molecular flexibility index (Phi) is 3.23. The minimum Gasteiger partial charge on any atom is -0.543 e. The van der Waals surface area contributed by atoms with Gasteiger partial charge in [-0.2, -0.15) is 0 Å². The summed E-state index contributed by atoms with van der Waals surface area (Å²) >= 11 is 1.49. The Morgan fingerprint density at radius 1 is 1.45 bits per heavy atom. The molecule has 20 heavy (non-hydrogen) atoms. The molecule has 1 amide bonds. The molecule has 2 atom stereocenters. The highest BCUT2D eigenvalue weighted by molar-refractivity contribution is 8.00. The summed E-state index contributed by atoms with van der Waals surface area (Å²) in [5.41, 5.74) is 6.34. The average molecular weight is 291 g/mol. The maximum Gasteiger partial charge on any atom is 0.248 e. The average Bonchev–Trinajstić information content (AvgIpc) is 2.46. The Morgan fingerprint density at radius 2 is 2.15 bits per heavy atom. The van der Waals surface area contributed by atoms with E-state index < -0.39 is 12.0 Å². The first-order valence-electron chi connectivity index (χ1n) is 6.17. The second kappa shape index (κ2) is 4.92. The number of nitrogens with two attached hydrogens (primary N) is 1. The highest BCUT2D eigenvalue weighted by Crippen LogP contribution is 2.39. The SMILES string of the molecule is NC1C(=O)N2C(C(=O)[O-])=C(C[n+]3ccccc3)CS[C@@H]12. The fourth-order valence-corrected chi connectivity index (χ4v) is 3.73. The van der Waals surface area contributed by atoms with Gasteiger partial charge in [-0.05, 0) is 0 Å². The van der Waals surface area contributed by atoms with Gasteiger partial charge < -0.3 is 15.6 Å². The second-order valence-electron chi connectivity index (χ2n) is 4.72. The van der Waals surface area contributed by atoms with Crippen LogP contribution in [0, 0.1) is 0 Å². The van der Waals surface area contributed by atoms with Crippen LogP contribution in [0.2, 0.25) is 0 Å². The predicted molar refractivity (Wildman–Crippen MR) is 69.7 cm³/mol. The number of rotatable bonds is 3. The van der Waals surface area contributed by atoms with Crippen LogP contribution < -0.4 is 15.4 Å². The lowest BCUT2D eigenvalue weighted by Crippen LogP contribution is -2.69. The van der Waals surface area contributed by atoms with Gasteiger partial charge in [0.2, 0.25) is 5.91 Å². The van der Waals surface area contributed by atoms with E-state index in [0.717, 1.165) is 0 Å². The Bertz CT molecular complexity index is 602. The molecule has 3 rings (SSSR count). The van der Waals surface area contributed by atoms with Crippen LogP contribution in [0.15, 0.2) is 41.9 Å². The molecule has 7 heteroatoms. The Hall–Kier alpha value is -1.86. The number of carboxylic acid groups (broad SMARTS) is 1. The number of carbonyl (C=O) groups excluding carboxylic acids is 2. The number of nitrogens with zero attached hydrogens (tertiary/aromatic N) is 2.